The normalized spacial score (nSPS) is 10.6. The summed E-state index contributed by atoms with van der Waals surface area (Å²) in [7, 11) is 5.70. The van der Waals surface area contributed by atoms with Crippen LogP contribution in [-0.2, 0) is 11.3 Å². The summed E-state index contributed by atoms with van der Waals surface area (Å²) in [5.41, 5.74) is 2.27. The standard InChI is InChI=1S/C13H21ClN2O/c1-15-10-11-5-6-13(12(14)9-11)16(2)7-4-8-17-3/h5-6,9,15H,4,7-8,10H2,1-3H3. The van der Waals surface area contributed by atoms with Gasteiger partial charge in [0.1, 0.15) is 0 Å². The van der Waals surface area contributed by atoms with Gasteiger partial charge in [0.2, 0.25) is 0 Å². The number of ether oxygens (including phenoxy) is 1. The van der Waals surface area contributed by atoms with E-state index < -0.39 is 0 Å². The van der Waals surface area contributed by atoms with Gasteiger partial charge in [0.25, 0.3) is 0 Å². The second-order valence-corrected chi connectivity index (χ2v) is 4.49. The number of anilines is 1. The molecule has 4 heteroatoms. The van der Waals surface area contributed by atoms with Crippen LogP contribution < -0.4 is 10.2 Å². The second-order valence-electron chi connectivity index (χ2n) is 4.08. The fraction of sp³-hybridized carbons (Fsp3) is 0.538. The van der Waals surface area contributed by atoms with E-state index in [1.165, 1.54) is 5.56 Å². The van der Waals surface area contributed by atoms with E-state index in [2.05, 4.69) is 29.4 Å². The molecule has 1 aromatic rings. The number of hydrogen-bond donors (Lipinski definition) is 1. The molecule has 0 radical (unpaired) electrons. The topological polar surface area (TPSA) is 24.5 Å². The van der Waals surface area contributed by atoms with Gasteiger partial charge < -0.3 is 15.0 Å². The summed E-state index contributed by atoms with van der Waals surface area (Å²) < 4.78 is 5.04. The molecular formula is C13H21ClN2O. The van der Waals surface area contributed by atoms with E-state index in [0.29, 0.717) is 0 Å². The number of halogens is 1. The minimum atomic E-state index is 0.778. The molecule has 0 saturated carbocycles. The first-order valence-corrected chi connectivity index (χ1v) is 6.20. The van der Waals surface area contributed by atoms with Crippen LogP contribution in [0.5, 0.6) is 0 Å². The Morgan fingerprint density at radius 3 is 2.76 bits per heavy atom. The average Bonchev–Trinajstić information content (AvgIpc) is 2.29. The van der Waals surface area contributed by atoms with E-state index in [1.54, 1.807) is 7.11 Å². The summed E-state index contributed by atoms with van der Waals surface area (Å²) in [6.45, 7) is 2.56. The molecule has 96 valence electrons. The molecule has 0 aliphatic heterocycles. The fourth-order valence-corrected chi connectivity index (χ4v) is 2.09. The Morgan fingerprint density at radius 1 is 1.41 bits per heavy atom. The van der Waals surface area contributed by atoms with Crippen molar-refractivity contribution in [3.05, 3.63) is 28.8 Å². The number of nitrogens with one attached hydrogen (secondary N) is 1. The van der Waals surface area contributed by atoms with E-state index in [-0.39, 0.29) is 0 Å². The Balaban J connectivity index is 2.63. The van der Waals surface area contributed by atoms with Crippen molar-refractivity contribution in [3.8, 4) is 0 Å². The van der Waals surface area contributed by atoms with Gasteiger partial charge in [-0.25, -0.2) is 0 Å². The van der Waals surface area contributed by atoms with Crippen LogP contribution in [0.3, 0.4) is 0 Å². The molecule has 0 heterocycles. The van der Waals surface area contributed by atoms with Gasteiger partial charge in [-0.1, -0.05) is 17.7 Å². The lowest BCUT2D eigenvalue weighted by Crippen LogP contribution is -2.20. The Labute approximate surface area is 109 Å². The Hall–Kier alpha value is -0.770. The lowest BCUT2D eigenvalue weighted by molar-refractivity contribution is 0.196. The molecule has 0 aromatic heterocycles. The van der Waals surface area contributed by atoms with E-state index in [9.17, 15) is 0 Å². The highest BCUT2D eigenvalue weighted by atomic mass is 35.5. The van der Waals surface area contributed by atoms with Crippen LogP contribution in [0.1, 0.15) is 12.0 Å². The smallest absolute Gasteiger partial charge is 0.0642 e. The molecule has 0 aliphatic carbocycles. The second kappa shape index (κ2) is 7.54. The molecule has 17 heavy (non-hydrogen) atoms. The molecule has 1 rings (SSSR count). The lowest BCUT2D eigenvalue weighted by atomic mass is 10.2. The molecule has 1 N–H and O–H groups in total. The highest BCUT2D eigenvalue weighted by Gasteiger charge is 2.06. The largest absolute Gasteiger partial charge is 0.385 e. The zero-order chi connectivity index (χ0) is 12.7. The minimum Gasteiger partial charge on any atom is -0.385 e. The summed E-state index contributed by atoms with van der Waals surface area (Å²) in [6.07, 6.45) is 1.00. The van der Waals surface area contributed by atoms with Crippen molar-refractivity contribution >= 4 is 17.3 Å². The third-order valence-electron chi connectivity index (χ3n) is 2.65. The van der Waals surface area contributed by atoms with Crippen LogP contribution >= 0.6 is 11.6 Å². The molecule has 3 nitrogen and oxygen atoms in total. The zero-order valence-electron chi connectivity index (χ0n) is 10.8. The van der Waals surface area contributed by atoms with Crippen LogP contribution in [0.25, 0.3) is 0 Å². The third kappa shape index (κ3) is 4.54. The van der Waals surface area contributed by atoms with Gasteiger partial charge in [-0.2, -0.15) is 0 Å². The minimum absolute atomic E-state index is 0.778. The van der Waals surface area contributed by atoms with E-state index in [4.69, 9.17) is 16.3 Å². The predicted octanol–water partition coefficient (Wildman–Crippen LogP) is 2.53. The highest BCUT2D eigenvalue weighted by molar-refractivity contribution is 6.33. The van der Waals surface area contributed by atoms with Gasteiger partial charge >= 0.3 is 0 Å². The Bertz CT molecular complexity index is 344. The monoisotopic (exact) mass is 256 g/mol. The highest BCUT2D eigenvalue weighted by Crippen LogP contribution is 2.26. The lowest BCUT2D eigenvalue weighted by Gasteiger charge is -2.21. The Kier molecular flexibility index (Phi) is 6.34. The van der Waals surface area contributed by atoms with Crippen LogP contribution in [0.2, 0.25) is 5.02 Å². The number of nitrogens with zero attached hydrogens (tertiary/aromatic N) is 1. The number of hydrogen-bond acceptors (Lipinski definition) is 3. The first-order chi connectivity index (χ1) is 8.19. The number of benzene rings is 1. The summed E-state index contributed by atoms with van der Waals surface area (Å²) in [5, 5.41) is 3.92. The van der Waals surface area contributed by atoms with Crippen LogP contribution in [0.4, 0.5) is 5.69 Å². The van der Waals surface area contributed by atoms with E-state index in [0.717, 1.165) is 36.8 Å². The van der Waals surface area contributed by atoms with Crippen molar-refractivity contribution in [3.63, 3.8) is 0 Å². The van der Waals surface area contributed by atoms with Gasteiger partial charge in [0, 0.05) is 33.9 Å². The SMILES string of the molecule is CNCc1ccc(N(C)CCCOC)c(Cl)c1. The van der Waals surface area contributed by atoms with Crippen molar-refractivity contribution in [1.29, 1.82) is 0 Å². The van der Waals surface area contributed by atoms with Gasteiger partial charge in [-0.15, -0.1) is 0 Å². The molecule has 0 amide bonds. The summed E-state index contributed by atoms with van der Waals surface area (Å²) in [5.74, 6) is 0. The average molecular weight is 257 g/mol. The van der Waals surface area contributed by atoms with Crippen molar-refractivity contribution in [1.82, 2.24) is 5.32 Å². The van der Waals surface area contributed by atoms with Gasteiger partial charge in [-0.3, -0.25) is 0 Å². The maximum atomic E-state index is 6.27. The summed E-state index contributed by atoms with van der Waals surface area (Å²) in [4.78, 5) is 2.16. The summed E-state index contributed by atoms with van der Waals surface area (Å²) >= 11 is 6.27. The number of methoxy groups -OCH3 is 1. The van der Waals surface area contributed by atoms with Crippen LogP contribution in [0, 0.1) is 0 Å². The van der Waals surface area contributed by atoms with Crippen molar-refractivity contribution in [2.75, 3.05) is 39.3 Å². The maximum absolute atomic E-state index is 6.27. The molecule has 0 saturated heterocycles. The molecule has 0 aliphatic rings. The molecule has 0 atom stereocenters. The first kappa shape index (κ1) is 14.3. The summed E-state index contributed by atoms with van der Waals surface area (Å²) in [6, 6.07) is 6.19. The molecule has 0 spiro atoms. The molecular weight excluding hydrogens is 236 g/mol. The van der Waals surface area contributed by atoms with E-state index in [1.807, 2.05) is 13.1 Å². The quantitative estimate of drug-likeness (QED) is 0.759. The van der Waals surface area contributed by atoms with Crippen molar-refractivity contribution < 1.29 is 4.74 Å². The van der Waals surface area contributed by atoms with Gasteiger partial charge in [0.05, 0.1) is 10.7 Å². The molecule has 0 unspecified atom stereocenters. The maximum Gasteiger partial charge on any atom is 0.0642 e. The van der Waals surface area contributed by atoms with Gasteiger partial charge in [0.15, 0.2) is 0 Å². The van der Waals surface area contributed by atoms with Crippen molar-refractivity contribution in [2.45, 2.75) is 13.0 Å². The molecule has 0 fully saturated rings. The predicted molar refractivity (Wildman–Crippen MR) is 74.0 cm³/mol. The van der Waals surface area contributed by atoms with E-state index >= 15 is 0 Å². The molecule has 1 aromatic carbocycles. The molecule has 0 bridgehead atoms. The number of rotatable bonds is 7. The first-order valence-electron chi connectivity index (χ1n) is 5.82. The third-order valence-corrected chi connectivity index (χ3v) is 2.95. The van der Waals surface area contributed by atoms with Gasteiger partial charge in [-0.05, 0) is 31.2 Å². The van der Waals surface area contributed by atoms with Crippen LogP contribution in [0.15, 0.2) is 18.2 Å². The van der Waals surface area contributed by atoms with Crippen molar-refractivity contribution in [2.24, 2.45) is 0 Å². The zero-order valence-corrected chi connectivity index (χ0v) is 11.5. The Morgan fingerprint density at radius 2 is 2.18 bits per heavy atom. The fourth-order valence-electron chi connectivity index (χ4n) is 1.74. The van der Waals surface area contributed by atoms with Crippen LogP contribution in [-0.4, -0.2) is 34.4 Å².